The molecule has 1 fully saturated rings. The van der Waals surface area contributed by atoms with Crippen LogP contribution in [0.2, 0.25) is 0 Å². The first kappa shape index (κ1) is 19.8. The predicted molar refractivity (Wildman–Crippen MR) is 94.8 cm³/mol. The highest BCUT2D eigenvalue weighted by atomic mass is 32.2. The van der Waals surface area contributed by atoms with Crippen molar-refractivity contribution >= 4 is 29.6 Å². The number of allylic oxidation sites excluding steroid dienone is 2. The summed E-state index contributed by atoms with van der Waals surface area (Å²) in [5.41, 5.74) is 5.05. The number of amides is 1. The Kier molecular flexibility index (Phi) is 6.16. The van der Waals surface area contributed by atoms with Gasteiger partial charge in [0.1, 0.15) is 11.6 Å². The fraction of sp³-hybridized carbons (Fsp3) is 0.706. The van der Waals surface area contributed by atoms with Crippen LogP contribution in [0.25, 0.3) is 0 Å². The first-order valence-corrected chi connectivity index (χ1v) is 9.46. The van der Waals surface area contributed by atoms with Gasteiger partial charge in [-0.25, -0.2) is 9.59 Å². The third-order valence-corrected chi connectivity index (χ3v) is 5.68. The van der Waals surface area contributed by atoms with Gasteiger partial charge in [0.15, 0.2) is 6.04 Å². The smallest absolute Gasteiger partial charge is 0.333 e. The lowest BCUT2D eigenvalue weighted by Crippen LogP contribution is -2.56. The summed E-state index contributed by atoms with van der Waals surface area (Å²) in [5.74, 6) is -2.13. The van der Waals surface area contributed by atoms with Gasteiger partial charge in [-0.15, -0.1) is 11.8 Å². The van der Waals surface area contributed by atoms with Crippen LogP contribution in [-0.4, -0.2) is 56.7 Å². The normalized spacial score (nSPS) is 27.8. The minimum Gasteiger partial charge on any atom is -0.480 e. The fourth-order valence-electron chi connectivity index (χ4n) is 3.06. The quantitative estimate of drug-likeness (QED) is 0.437. The molecule has 1 unspecified atom stereocenters. The molecule has 2 aliphatic rings. The van der Waals surface area contributed by atoms with Gasteiger partial charge in [0.05, 0.1) is 5.37 Å². The van der Waals surface area contributed by atoms with E-state index < -0.39 is 35.5 Å². The Bertz CT molecular complexity index is 572. The number of hydrogen-bond donors (Lipinski definition) is 2. The fourth-order valence-corrected chi connectivity index (χ4v) is 4.68. The summed E-state index contributed by atoms with van der Waals surface area (Å²) in [6, 6.07) is -2.48. The monoisotopic (exact) mass is 370 g/mol. The number of aliphatic carboxylic acids is 1. The number of carbonyl (C=O) groups is 3. The van der Waals surface area contributed by atoms with E-state index >= 15 is 0 Å². The lowest BCUT2D eigenvalue weighted by atomic mass is 9.93. The molecule has 1 saturated heterocycles. The molecule has 8 heteroatoms. The van der Waals surface area contributed by atoms with Crippen LogP contribution in [0.4, 0.5) is 0 Å². The number of carboxylic acids is 1. The SMILES string of the molecule is CC(C)(C)OC(=O)C(N)C(=O)N1[C@@H]([C@H]2CC=CCC2)SC[C@H]1C(=O)O. The largest absolute Gasteiger partial charge is 0.480 e. The summed E-state index contributed by atoms with van der Waals surface area (Å²) in [6.07, 6.45) is 6.71. The molecule has 140 valence electrons. The molecule has 4 atom stereocenters. The van der Waals surface area contributed by atoms with Crippen molar-refractivity contribution < 1.29 is 24.2 Å². The van der Waals surface area contributed by atoms with Crippen molar-refractivity contribution in [3.8, 4) is 0 Å². The first-order chi connectivity index (χ1) is 11.6. The second-order valence-corrected chi connectivity index (χ2v) is 8.53. The molecule has 25 heavy (non-hydrogen) atoms. The van der Waals surface area contributed by atoms with Crippen molar-refractivity contribution in [3.63, 3.8) is 0 Å². The van der Waals surface area contributed by atoms with Crippen LogP contribution in [0.5, 0.6) is 0 Å². The number of rotatable bonds is 4. The van der Waals surface area contributed by atoms with E-state index in [0.717, 1.165) is 19.3 Å². The number of esters is 1. The van der Waals surface area contributed by atoms with Crippen LogP contribution >= 0.6 is 11.8 Å². The van der Waals surface area contributed by atoms with Crippen molar-refractivity contribution in [3.05, 3.63) is 12.2 Å². The van der Waals surface area contributed by atoms with E-state index in [0.29, 0.717) is 5.75 Å². The van der Waals surface area contributed by atoms with Crippen LogP contribution in [-0.2, 0) is 19.1 Å². The van der Waals surface area contributed by atoms with E-state index in [2.05, 4.69) is 12.2 Å². The Morgan fingerprint density at radius 2 is 2.00 bits per heavy atom. The second kappa shape index (κ2) is 7.78. The van der Waals surface area contributed by atoms with Gasteiger partial charge >= 0.3 is 11.9 Å². The lowest BCUT2D eigenvalue weighted by molar-refractivity contribution is -0.163. The minimum atomic E-state index is -1.51. The molecule has 1 aliphatic carbocycles. The van der Waals surface area contributed by atoms with Gasteiger partial charge < -0.3 is 20.5 Å². The second-order valence-electron chi connectivity index (χ2n) is 7.38. The van der Waals surface area contributed by atoms with Gasteiger partial charge in [0, 0.05) is 5.75 Å². The molecule has 0 aromatic carbocycles. The highest BCUT2D eigenvalue weighted by molar-refractivity contribution is 8.00. The number of nitrogens with zero attached hydrogens (tertiary/aromatic N) is 1. The van der Waals surface area contributed by atoms with E-state index in [1.807, 2.05) is 0 Å². The first-order valence-electron chi connectivity index (χ1n) is 8.42. The molecule has 0 bridgehead atoms. The van der Waals surface area contributed by atoms with Crippen molar-refractivity contribution in [2.24, 2.45) is 11.7 Å². The van der Waals surface area contributed by atoms with Crippen LogP contribution in [0, 0.1) is 5.92 Å². The van der Waals surface area contributed by atoms with Crippen LogP contribution in [0.15, 0.2) is 12.2 Å². The Morgan fingerprint density at radius 3 is 2.52 bits per heavy atom. The average molecular weight is 370 g/mol. The standard InChI is InChI=1S/C17H26N2O5S/c1-17(2,3)24-16(23)12(18)13(20)19-11(15(21)22)9-25-14(19)10-7-5-4-6-8-10/h4-5,10-12,14H,6-9,18H2,1-3H3,(H,21,22)/t10-,11-,12?,14+/m0/s1. The molecule has 0 radical (unpaired) electrons. The Hall–Kier alpha value is -1.54. The average Bonchev–Trinajstić information content (AvgIpc) is 2.97. The highest BCUT2D eigenvalue weighted by Crippen LogP contribution is 2.39. The zero-order valence-corrected chi connectivity index (χ0v) is 15.6. The van der Waals surface area contributed by atoms with E-state index in [1.54, 1.807) is 20.8 Å². The zero-order chi connectivity index (χ0) is 18.8. The number of carboxylic acid groups (broad SMARTS) is 1. The molecule has 7 nitrogen and oxygen atoms in total. The Labute approximate surface area is 151 Å². The van der Waals surface area contributed by atoms with Gasteiger partial charge in [-0.3, -0.25) is 4.79 Å². The molecule has 2 rings (SSSR count). The van der Waals surface area contributed by atoms with Crippen molar-refractivity contribution in [2.75, 3.05) is 5.75 Å². The van der Waals surface area contributed by atoms with Gasteiger partial charge in [-0.2, -0.15) is 0 Å². The minimum absolute atomic E-state index is 0.161. The summed E-state index contributed by atoms with van der Waals surface area (Å²) >= 11 is 1.45. The molecular weight excluding hydrogens is 344 g/mol. The van der Waals surface area contributed by atoms with Crippen LogP contribution in [0.3, 0.4) is 0 Å². The van der Waals surface area contributed by atoms with Crippen molar-refractivity contribution in [1.29, 1.82) is 0 Å². The molecule has 0 saturated carbocycles. The van der Waals surface area contributed by atoms with E-state index in [-0.39, 0.29) is 11.3 Å². The molecule has 1 heterocycles. The zero-order valence-electron chi connectivity index (χ0n) is 14.8. The van der Waals surface area contributed by atoms with Crippen molar-refractivity contribution in [2.45, 2.75) is 63.1 Å². The van der Waals surface area contributed by atoms with E-state index in [1.165, 1.54) is 16.7 Å². The van der Waals surface area contributed by atoms with Crippen molar-refractivity contribution in [1.82, 2.24) is 4.90 Å². The number of nitrogens with two attached hydrogens (primary N) is 1. The predicted octanol–water partition coefficient (Wildman–Crippen LogP) is 1.37. The molecule has 0 aromatic heterocycles. The topological polar surface area (TPSA) is 110 Å². The molecular formula is C17H26N2O5S. The maximum absolute atomic E-state index is 12.8. The number of carbonyl (C=O) groups excluding carboxylic acids is 2. The summed E-state index contributed by atoms with van der Waals surface area (Å²) in [5, 5.41) is 9.19. The van der Waals surface area contributed by atoms with Gasteiger partial charge in [0.2, 0.25) is 0 Å². The van der Waals surface area contributed by atoms with Gasteiger partial charge in [-0.05, 0) is 46.0 Å². The van der Waals surface area contributed by atoms with Gasteiger partial charge in [0.25, 0.3) is 5.91 Å². The Balaban J connectivity index is 2.19. The maximum Gasteiger partial charge on any atom is 0.333 e. The molecule has 1 aliphatic heterocycles. The number of thioether (sulfide) groups is 1. The molecule has 1 amide bonds. The van der Waals surface area contributed by atoms with Gasteiger partial charge in [-0.1, -0.05) is 12.2 Å². The number of hydrogen-bond acceptors (Lipinski definition) is 6. The molecule has 3 N–H and O–H groups in total. The summed E-state index contributed by atoms with van der Waals surface area (Å²) < 4.78 is 5.18. The molecule has 0 spiro atoms. The van der Waals surface area contributed by atoms with E-state index in [4.69, 9.17) is 10.5 Å². The van der Waals surface area contributed by atoms with Crippen LogP contribution < -0.4 is 5.73 Å². The van der Waals surface area contributed by atoms with E-state index in [9.17, 15) is 19.5 Å². The third kappa shape index (κ3) is 4.76. The molecule has 0 aromatic rings. The van der Waals surface area contributed by atoms with Crippen LogP contribution in [0.1, 0.15) is 40.0 Å². The third-order valence-electron chi connectivity index (χ3n) is 4.21. The summed E-state index contributed by atoms with van der Waals surface area (Å²) in [4.78, 5) is 37.9. The lowest BCUT2D eigenvalue weighted by Gasteiger charge is -2.35. The number of ether oxygens (including phenoxy) is 1. The Morgan fingerprint density at radius 1 is 1.32 bits per heavy atom. The maximum atomic E-state index is 12.8. The summed E-state index contributed by atoms with van der Waals surface area (Å²) in [6.45, 7) is 5.06. The highest BCUT2D eigenvalue weighted by Gasteiger charge is 2.47. The summed E-state index contributed by atoms with van der Waals surface area (Å²) in [7, 11) is 0.